The van der Waals surface area contributed by atoms with E-state index in [0.717, 1.165) is 24.1 Å². The predicted molar refractivity (Wildman–Crippen MR) is 148 cm³/mol. The number of anilines is 1. The molecule has 2 N–H and O–H groups in total. The maximum Gasteiger partial charge on any atom is 0.336 e. The number of pyridine rings is 1. The van der Waals surface area contributed by atoms with E-state index < -0.39 is 22.6 Å². The van der Waals surface area contributed by atoms with E-state index in [1.54, 1.807) is 36.5 Å². The minimum atomic E-state index is -1.79. The molecule has 38 heavy (non-hydrogen) atoms. The van der Waals surface area contributed by atoms with Crippen LogP contribution in [0.1, 0.15) is 50.9 Å². The molecule has 4 aromatic rings. The summed E-state index contributed by atoms with van der Waals surface area (Å²) in [6.07, 6.45) is 3.86. The lowest BCUT2D eigenvalue weighted by atomic mass is 10.0. The Morgan fingerprint density at radius 3 is 2.34 bits per heavy atom. The molecule has 0 bridgehead atoms. The monoisotopic (exact) mass is 564 g/mol. The van der Waals surface area contributed by atoms with Crippen LogP contribution in [0.25, 0.3) is 0 Å². The summed E-state index contributed by atoms with van der Waals surface area (Å²) in [5.41, 5.74) is 1.99. The van der Waals surface area contributed by atoms with Gasteiger partial charge in [0, 0.05) is 20.5 Å². The van der Waals surface area contributed by atoms with E-state index in [0.29, 0.717) is 20.9 Å². The summed E-state index contributed by atoms with van der Waals surface area (Å²) in [7, 11) is -1.79. The lowest BCUT2D eigenvalue weighted by Gasteiger charge is -2.20. The van der Waals surface area contributed by atoms with Gasteiger partial charge in [-0.3, -0.25) is 9.78 Å². The largest absolute Gasteiger partial charge is 0.478 e. The fourth-order valence-electron chi connectivity index (χ4n) is 4.22. The summed E-state index contributed by atoms with van der Waals surface area (Å²) < 4.78 is 13.1. The predicted octanol–water partition coefficient (Wildman–Crippen LogP) is 7.05. The van der Waals surface area contributed by atoms with Crippen molar-refractivity contribution in [3.8, 4) is 0 Å². The van der Waals surface area contributed by atoms with Crippen LogP contribution < -0.4 is 5.32 Å². The highest BCUT2D eigenvalue weighted by Gasteiger charge is 2.32. The fraction of sp³-hybridized carbons (Fsp3) is 0.138. The average molecular weight is 565 g/mol. The van der Waals surface area contributed by atoms with Gasteiger partial charge < -0.3 is 10.4 Å². The number of carboxylic acid groups (broad SMARTS) is 1. The topological polar surface area (TPSA) is 96.4 Å². The minimum Gasteiger partial charge on any atom is -0.478 e. The minimum absolute atomic E-state index is 0.0807. The number of aromatic nitrogens is 1. The summed E-state index contributed by atoms with van der Waals surface area (Å²) >= 11 is 12.0. The Morgan fingerprint density at radius 1 is 0.947 bits per heavy atom. The summed E-state index contributed by atoms with van der Waals surface area (Å²) in [6, 6.07) is 21.8. The Morgan fingerprint density at radius 2 is 1.71 bits per heavy atom. The molecule has 2 unspecified atom stereocenters. The molecule has 2 atom stereocenters. The third-order valence-electron chi connectivity index (χ3n) is 6.32. The number of nitrogens with zero attached hydrogens (tertiary/aromatic N) is 1. The quantitative estimate of drug-likeness (QED) is 0.211. The van der Waals surface area contributed by atoms with Crippen LogP contribution in [0.15, 0.2) is 94.9 Å². The number of ketones is 1. The molecule has 1 fully saturated rings. The Labute approximate surface area is 232 Å². The number of carbonyl (C=O) groups is 2. The molecule has 1 aliphatic rings. The van der Waals surface area contributed by atoms with Crippen LogP contribution in [-0.2, 0) is 10.8 Å². The van der Waals surface area contributed by atoms with E-state index in [2.05, 4.69) is 10.3 Å². The molecule has 1 aromatic heterocycles. The van der Waals surface area contributed by atoms with Crippen LogP contribution in [0.5, 0.6) is 0 Å². The molecule has 0 aliphatic heterocycles. The van der Waals surface area contributed by atoms with Gasteiger partial charge in [-0.25, -0.2) is 9.00 Å². The van der Waals surface area contributed by atoms with E-state index in [-0.39, 0.29) is 27.8 Å². The van der Waals surface area contributed by atoms with Gasteiger partial charge in [-0.2, -0.15) is 0 Å². The number of hydrogen-bond acceptors (Lipinski definition) is 5. The molecule has 0 spiro atoms. The van der Waals surface area contributed by atoms with E-state index >= 15 is 0 Å². The first kappa shape index (κ1) is 26.1. The molecule has 192 valence electrons. The summed E-state index contributed by atoms with van der Waals surface area (Å²) in [5, 5.41) is 14.3. The van der Waals surface area contributed by atoms with Gasteiger partial charge in [-0.15, -0.1) is 0 Å². The standard InChI is InChI=1S/C29H22Cl2N2O4S/c30-20-9-6-18(7-10-20)27(17-4-5-17)33-22-11-12-25(32-16-22)28(34)19-8-13-26(24(14-19)29(35)36)38(37)23-3-1-2-21(31)15-23/h1-3,6-17,27,33H,4-5H2,(H,35,36). The maximum absolute atomic E-state index is 13.1. The number of nitrogens with one attached hydrogen (secondary N) is 1. The first-order valence-corrected chi connectivity index (χ1v) is 13.8. The number of carboxylic acids is 1. The van der Waals surface area contributed by atoms with Gasteiger partial charge in [-0.05, 0) is 85.0 Å². The van der Waals surface area contributed by atoms with Gasteiger partial charge in [0.05, 0.1) is 39.2 Å². The molecule has 5 rings (SSSR count). The molecule has 0 radical (unpaired) electrons. The van der Waals surface area contributed by atoms with Crippen LogP contribution in [0.3, 0.4) is 0 Å². The van der Waals surface area contributed by atoms with E-state index in [9.17, 15) is 18.9 Å². The Hall–Kier alpha value is -3.52. The maximum atomic E-state index is 13.1. The zero-order chi connectivity index (χ0) is 26.8. The SMILES string of the molecule is O=C(c1ccc(S(=O)c2cccc(Cl)c2)c(C(=O)O)c1)c1ccc(NC(c2ccc(Cl)cc2)C2CC2)cn1. The normalized spacial score (nSPS) is 14.5. The van der Waals surface area contributed by atoms with Crippen molar-refractivity contribution in [3.63, 3.8) is 0 Å². The second-order valence-corrected chi connectivity index (χ2v) is 11.3. The zero-order valence-electron chi connectivity index (χ0n) is 19.9. The van der Waals surface area contributed by atoms with Crippen molar-refractivity contribution in [2.24, 2.45) is 5.92 Å². The van der Waals surface area contributed by atoms with E-state index in [1.165, 1.54) is 24.3 Å². The highest BCUT2D eigenvalue weighted by molar-refractivity contribution is 7.85. The second-order valence-electron chi connectivity index (χ2n) is 9.01. The number of carbonyl (C=O) groups excluding carboxylic acids is 1. The Kier molecular flexibility index (Phi) is 7.61. The number of halogens is 2. The van der Waals surface area contributed by atoms with Gasteiger partial charge in [0.15, 0.2) is 0 Å². The van der Waals surface area contributed by atoms with Gasteiger partial charge in [0.1, 0.15) is 5.69 Å². The second kappa shape index (κ2) is 11.1. The first-order valence-electron chi connectivity index (χ1n) is 11.9. The molecule has 9 heteroatoms. The summed E-state index contributed by atoms with van der Waals surface area (Å²) in [5.74, 6) is -1.20. The number of aromatic carboxylic acids is 1. The van der Waals surface area contributed by atoms with Crippen LogP contribution in [0.4, 0.5) is 5.69 Å². The van der Waals surface area contributed by atoms with Crippen molar-refractivity contribution in [1.82, 2.24) is 4.98 Å². The van der Waals surface area contributed by atoms with E-state index in [1.807, 2.05) is 24.3 Å². The highest BCUT2D eigenvalue weighted by Crippen LogP contribution is 2.43. The zero-order valence-corrected chi connectivity index (χ0v) is 22.3. The smallest absolute Gasteiger partial charge is 0.336 e. The van der Waals surface area contributed by atoms with Crippen molar-refractivity contribution in [3.05, 3.63) is 117 Å². The molecular formula is C29H22Cl2N2O4S. The Balaban J connectivity index is 1.36. The van der Waals surface area contributed by atoms with Crippen LogP contribution in [-0.4, -0.2) is 26.1 Å². The van der Waals surface area contributed by atoms with Crippen LogP contribution >= 0.6 is 23.2 Å². The molecule has 1 aliphatic carbocycles. The summed E-state index contributed by atoms with van der Waals surface area (Å²) in [4.78, 5) is 29.9. The van der Waals surface area contributed by atoms with Crippen LogP contribution in [0.2, 0.25) is 10.0 Å². The number of rotatable bonds is 9. The van der Waals surface area contributed by atoms with Gasteiger partial charge in [-0.1, -0.05) is 41.4 Å². The molecule has 1 saturated carbocycles. The number of hydrogen-bond donors (Lipinski definition) is 2. The molecule has 6 nitrogen and oxygen atoms in total. The molecule has 0 amide bonds. The van der Waals surface area contributed by atoms with Crippen molar-refractivity contribution in [2.45, 2.75) is 28.7 Å². The van der Waals surface area contributed by atoms with Crippen LogP contribution in [0, 0.1) is 5.92 Å². The third kappa shape index (κ3) is 5.80. The first-order chi connectivity index (χ1) is 18.3. The van der Waals surface area contributed by atoms with Gasteiger partial charge in [0.2, 0.25) is 5.78 Å². The molecule has 0 saturated heterocycles. The summed E-state index contributed by atoms with van der Waals surface area (Å²) in [6.45, 7) is 0. The van der Waals surface area contributed by atoms with Gasteiger partial charge >= 0.3 is 5.97 Å². The fourth-order valence-corrected chi connectivity index (χ4v) is 5.83. The van der Waals surface area contributed by atoms with E-state index in [4.69, 9.17) is 23.2 Å². The number of benzene rings is 3. The van der Waals surface area contributed by atoms with Crippen molar-refractivity contribution in [2.75, 3.05) is 5.32 Å². The molecule has 1 heterocycles. The highest BCUT2D eigenvalue weighted by atomic mass is 35.5. The van der Waals surface area contributed by atoms with Crippen molar-refractivity contribution < 1.29 is 18.9 Å². The molecule has 3 aromatic carbocycles. The lowest BCUT2D eigenvalue weighted by Crippen LogP contribution is -2.14. The lowest BCUT2D eigenvalue weighted by molar-refractivity contribution is 0.0693. The van der Waals surface area contributed by atoms with Crippen molar-refractivity contribution >= 4 is 51.4 Å². The average Bonchev–Trinajstić information content (AvgIpc) is 3.77. The molecular weight excluding hydrogens is 543 g/mol. The Bertz CT molecular complexity index is 1540. The van der Waals surface area contributed by atoms with Crippen molar-refractivity contribution in [1.29, 1.82) is 0 Å². The van der Waals surface area contributed by atoms with Gasteiger partial charge in [0.25, 0.3) is 0 Å². The third-order valence-corrected chi connectivity index (χ3v) is 8.25.